The number of aromatic nitrogens is 5. The van der Waals surface area contributed by atoms with Crippen molar-refractivity contribution in [1.29, 1.82) is 0 Å². The molecule has 0 saturated heterocycles. The molecule has 2 atom stereocenters. The number of ether oxygens (including phenoxy) is 2. The van der Waals surface area contributed by atoms with Gasteiger partial charge in [-0.25, -0.2) is 13.4 Å². The number of furan rings is 1. The van der Waals surface area contributed by atoms with Crippen molar-refractivity contribution in [2.24, 2.45) is 7.05 Å². The zero-order valence-electron chi connectivity index (χ0n) is 20.0. The van der Waals surface area contributed by atoms with Crippen LogP contribution in [0, 0.1) is 6.92 Å². The summed E-state index contributed by atoms with van der Waals surface area (Å²) in [6, 6.07) is 8.70. The summed E-state index contributed by atoms with van der Waals surface area (Å²) in [5, 5.41) is 18.0. The van der Waals surface area contributed by atoms with E-state index in [2.05, 4.69) is 15.2 Å². The molecule has 0 aliphatic rings. The molecule has 3 aromatic heterocycles. The maximum atomic E-state index is 13.4. The maximum absolute atomic E-state index is 13.4. The van der Waals surface area contributed by atoms with Crippen LogP contribution in [0.4, 0.5) is 0 Å². The summed E-state index contributed by atoms with van der Waals surface area (Å²) in [6.45, 7) is 3.23. The van der Waals surface area contributed by atoms with Gasteiger partial charge in [0.1, 0.15) is 34.8 Å². The standard InChI is InChI=1S/C23H27N5O6S/c1-14-9-10-19(34-14)23-26-25-20(28(23)21-17(32-4)7-6-8-18(21)33-5)12-35(30,31)15(2)22(29)16-11-27(3)13-24-16/h6-11,13,15,22,29H,12H2,1-5H3/t15-,22+/m1/s1. The molecule has 11 nitrogen and oxygen atoms in total. The highest BCUT2D eigenvalue weighted by Crippen LogP contribution is 2.37. The van der Waals surface area contributed by atoms with Gasteiger partial charge < -0.3 is 23.6 Å². The van der Waals surface area contributed by atoms with E-state index in [1.165, 1.54) is 27.5 Å². The second-order valence-corrected chi connectivity index (χ2v) is 10.5. The first-order valence-electron chi connectivity index (χ1n) is 10.8. The molecule has 3 heterocycles. The number of aliphatic hydroxyl groups excluding tert-OH is 1. The predicted octanol–water partition coefficient (Wildman–Crippen LogP) is 2.62. The minimum atomic E-state index is -3.92. The van der Waals surface area contributed by atoms with Crippen molar-refractivity contribution in [2.75, 3.05) is 14.2 Å². The Morgan fingerprint density at radius 2 is 1.80 bits per heavy atom. The van der Waals surface area contributed by atoms with Gasteiger partial charge in [0.2, 0.25) is 5.82 Å². The van der Waals surface area contributed by atoms with Crippen molar-refractivity contribution >= 4 is 9.84 Å². The number of nitrogens with zero attached hydrogens (tertiary/aromatic N) is 5. The van der Waals surface area contributed by atoms with Gasteiger partial charge in [0.25, 0.3) is 0 Å². The number of aliphatic hydroxyl groups is 1. The summed E-state index contributed by atoms with van der Waals surface area (Å²) in [7, 11) is 0.822. The van der Waals surface area contributed by atoms with E-state index < -0.39 is 26.9 Å². The smallest absolute Gasteiger partial charge is 0.204 e. The molecule has 0 spiro atoms. The predicted molar refractivity (Wildman–Crippen MR) is 127 cm³/mol. The Bertz CT molecular complexity index is 1420. The van der Waals surface area contributed by atoms with Crippen LogP contribution in [-0.4, -0.2) is 57.3 Å². The van der Waals surface area contributed by atoms with E-state index in [9.17, 15) is 13.5 Å². The zero-order valence-corrected chi connectivity index (χ0v) is 20.9. The number of aryl methyl sites for hydroxylation is 2. The Morgan fingerprint density at radius 3 is 2.34 bits per heavy atom. The molecule has 0 amide bonds. The Labute approximate surface area is 202 Å². The van der Waals surface area contributed by atoms with Crippen molar-refractivity contribution in [3.8, 4) is 28.8 Å². The summed E-state index contributed by atoms with van der Waals surface area (Å²) in [6.07, 6.45) is 1.77. The fourth-order valence-corrected chi connectivity index (χ4v) is 5.09. The third-order valence-corrected chi connectivity index (χ3v) is 7.74. The lowest BCUT2D eigenvalue weighted by molar-refractivity contribution is 0.171. The second-order valence-electron chi connectivity index (χ2n) is 8.12. The fraction of sp³-hybridized carbons (Fsp3) is 0.348. The highest BCUT2D eigenvalue weighted by molar-refractivity contribution is 7.91. The van der Waals surface area contributed by atoms with Gasteiger partial charge in [0.15, 0.2) is 21.4 Å². The number of rotatable bonds is 9. The normalized spacial score (nSPS) is 13.5. The lowest BCUT2D eigenvalue weighted by Crippen LogP contribution is -2.28. The van der Waals surface area contributed by atoms with Crippen molar-refractivity contribution in [1.82, 2.24) is 24.3 Å². The van der Waals surface area contributed by atoms with E-state index in [-0.39, 0.29) is 17.3 Å². The van der Waals surface area contributed by atoms with E-state index in [1.54, 1.807) is 59.6 Å². The Morgan fingerprint density at radius 1 is 1.11 bits per heavy atom. The van der Waals surface area contributed by atoms with Crippen LogP contribution in [0.2, 0.25) is 0 Å². The molecule has 4 rings (SSSR count). The molecule has 0 fully saturated rings. The van der Waals surface area contributed by atoms with E-state index >= 15 is 0 Å². The second kappa shape index (κ2) is 9.55. The average molecular weight is 502 g/mol. The fourth-order valence-electron chi connectivity index (χ4n) is 3.75. The van der Waals surface area contributed by atoms with Gasteiger partial charge in [-0.15, -0.1) is 10.2 Å². The molecule has 0 aliphatic carbocycles. The summed E-state index contributed by atoms with van der Waals surface area (Å²) in [4.78, 5) is 4.08. The van der Waals surface area contributed by atoms with E-state index in [4.69, 9.17) is 13.9 Å². The van der Waals surface area contributed by atoms with Gasteiger partial charge in [-0.1, -0.05) is 6.07 Å². The SMILES string of the molecule is COc1cccc(OC)c1-n1c(CS(=O)(=O)[C@H](C)[C@H](O)c2cn(C)cn2)nnc1-c1ccc(C)o1. The minimum absolute atomic E-state index is 0.108. The maximum Gasteiger partial charge on any atom is 0.204 e. The van der Waals surface area contributed by atoms with Crippen LogP contribution in [-0.2, 0) is 22.6 Å². The highest BCUT2D eigenvalue weighted by atomic mass is 32.2. The molecular formula is C23H27N5O6S. The van der Waals surface area contributed by atoms with Gasteiger partial charge in [0, 0.05) is 13.2 Å². The molecule has 4 aromatic rings. The molecule has 0 aliphatic heterocycles. The van der Waals surface area contributed by atoms with E-state index in [0.29, 0.717) is 28.7 Å². The van der Waals surface area contributed by atoms with Gasteiger partial charge >= 0.3 is 0 Å². The molecular weight excluding hydrogens is 474 g/mol. The number of methoxy groups -OCH3 is 2. The molecule has 0 bridgehead atoms. The lowest BCUT2D eigenvalue weighted by atomic mass is 10.2. The number of para-hydroxylation sites is 1. The highest BCUT2D eigenvalue weighted by Gasteiger charge is 2.34. The summed E-state index contributed by atoms with van der Waals surface area (Å²) in [5.41, 5.74) is 0.692. The van der Waals surface area contributed by atoms with Crippen molar-refractivity contribution in [3.63, 3.8) is 0 Å². The first kappa shape index (κ1) is 24.5. The van der Waals surface area contributed by atoms with Crippen molar-refractivity contribution in [2.45, 2.75) is 31.0 Å². The molecule has 12 heteroatoms. The van der Waals surface area contributed by atoms with Crippen LogP contribution in [0.15, 0.2) is 47.3 Å². The Hall–Kier alpha value is -3.64. The van der Waals surface area contributed by atoms with Gasteiger partial charge in [-0.2, -0.15) is 0 Å². The molecule has 1 aromatic carbocycles. The average Bonchev–Trinajstić information content (AvgIpc) is 3.57. The molecule has 0 unspecified atom stereocenters. The van der Waals surface area contributed by atoms with Gasteiger partial charge in [-0.05, 0) is 38.1 Å². The number of hydrogen-bond acceptors (Lipinski definition) is 9. The van der Waals surface area contributed by atoms with Gasteiger partial charge in [0.05, 0.1) is 31.5 Å². The first-order chi connectivity index (χ1) is 16.7. The molecule has 1 N–H and O–H groups in total. The van der Waals surface area contributed by atoms with Crippen molar-refractivity contribution < 1.29 is 27.4 Å². The first-order valence-corrected chi connectivity index (χ1v) is 12.5. The number of sulfone groups is 1. The third-order valence-electron chi connectivity index (χ3n) is 5.69. The zero-order chi connectivity index (χ0) is 25.3. The monoisotopic (exact) mass is 501 g/mol. The summed E-state index contributed by atoms with van der Waals surface area (Å²) in [5.74, 6) is 1.78. The Kier molecular flexibility index (Phi) is 6.68. The van der Waals surface area contributed by atoms with Gasteiger partial charge in [-0.3, -0.25) is 4.57 Å². The van der Waals surface area contributed by atoms with E-state index in [1.807, 2.05) is 0 Å². The van der Waals surface area contributed by atoms with Crippen LogP contribution in [0.1, 0.15) is 30.3 Å². The largest absolute Gasteiger partial charge is 0.494 e. The van der Waals surface area contributed by atoms with Crippen LogP contribution >= 0.6 is 0 Å². The summed E-state index contributed by atoms with van der Waals surface area (Å²) >= 11 is 0. The Balaban J connectivity index is 1.83. The van der Waals surface area contributed by atoms with E-state index in [0.717, 1.165) is 0 Å². The summed E-state index contributed by atoms with van der Waals surface area (Å²) < 4.78 is 46.9. The van der Waals surface area contributed by atoms with Crippen LogP contribution in [0.25, 0.3) is 17.3 Å². The molecule has 35 heavy (non-hydrogen) atoms. The molecule has 0 saturated carbocycles. The topological polar surface area (TPSA) is 134 Å². The third kappa shape index (κ3) is 4.66. The lowest BCUT2D eigenvalue weighted by Gasteiger charge is -2.19. The van der Waals surface area contributed by atoms with Crippen LogP contribution in [0.5, 0.6) is 11.5 Å². The number of hydrogen-bond donors (Lipinski definition) is 1. The number of benzene rings is 1. The van der Waals surface area contributed by atoms with Crippen LogP contribution in [0.3, 0.4) is 0 Å². The number of imidazole rings is 1. The quantitative estimate of drug-likeness (QED) is 0.367. The van der Waals surface area contributed by atoms with Crippen LogP contribution < -0.4 is 9.47 Å². The minimum Gasteiger partial charge on any atom is -0.494 e. The van der Waals surface area contributed by atoms with Crippen molar-refractivity contribution in [3.05, 3.63) is 60.1 Å². The molecule has 186 valence electrons. The molecule has 0 radical (unpaired) electrons.